The van der Waals surface area contributed by atoms with Crippen molar-refractivity contribution in [2.24, 2.45) is 0 Å². The minimum absolute atomic E-state index is 0.326. The van der Waals surface area contributed by atoms with E-state index in [0.717, 1.165) is 17.1 Å². The van der Waals surface area contributed by atoms with Gasteiger partial charge in [-0.05, 0) is 46.1 Å². The molecule has 1 N–H and O–H groups in total. The number of rotatable bonds is 3. The van der Waals surface area contributed by atoms with Crippen LogP contribution in [-0.4, -0.2) is 39.3 Å². The molecule has 1 aliphatic rings. The van der Waals surface area contributed by atoms with Gasteiger partial charge < -0.3 is 9.47 Å². The Morgan fingerprint density at radius 2 is 2.21 bits per heavy atom. The Morgan fingerprint density at radius 3 is 2.57 bits per heavy atom. The van der Waals surface area contributed by atoms with Crippen molar-refractivity contribution in [3.63, 3.8) is 0 Å². The van der Waals surface area contributed by atoms with Gasteiger partial charge in [0.2, 0.25) is 0 Å². The highest BCUT2D eigenvalue weighted by molar-refractivity contribution is 7.71. The monoisotopic (exact) mass is 212 g/mol. The standard InChI is InChI=1S/C9H16N4S/c1-7-10-11-8(14)13(7)6-9(4-5-9)12(2)3/h4-6H2,1-3H3,(H,11,14). The number of likely N-dealkylation sites (N-methyl/N-ethyl adjacent to an activating group) is 1. The van der Waals surface area contributed by atoms with Crippen molar-refractivity contribution >= 4 is 12.2 Å². The van der Waals surface area contributed by atoms with Gasteiger partial charge in [0.25, 0.3) is 0 Å². The molecule has 0 bridgehead atoms. The Kier molecular flexibility index (Phi) is 2.23. The number of aromatic amines is 1. The first-order valence-electron chi connectivity index (χ1n) is 4.84. The number of nitrogens with zero attached hydrogens (tertiary/aromatic N) is 3. The summed E-state index contributed by atoms with van der Waals surface area (Å²) in [5.41, 5.74) is 0.326. The highest BCUT2D eigenvalue weighted by atomic mass is 32.1. The van der Waals surface area contributed by atoms with Gasteiger partial charge in [-0.1, -0.05) is 0 Å². The number of H-pyrrole nitrogens is 1. The van der Waals surface area contributed by atoms with Gasteiger partial charge in [0, 0.05) is 12.1 Å². The van der Waals surface area contributed by atoms with Crippen molar-refractivity contribution in [2.45, 2.75) is 31.8 Å². The van der Waals surface area contributed by atoms with Crippen LogP contribution in [0.4, 0.5) is 0 Å². The molecule has 1 heterocycles. The van der Waals surface area contributed by atoms with E-state index in [0.29, 0.717) is 5.54 Å². The van der Waals surface area contributed by atoms with Crippen molar-refractivity contribution in [1.82, 2.24) is 19.7 Å². The van der Waals surface area contributed by atoms with Gasteiger partial charge in [0.05, 0.1) is 0 Å². The van der Waals surface area contributed by atoms with Crippen LogP contribution >= 0.6 is 12.2 Å². The Balaban J connectivity index is 2.23. The van der Waals surface area contributed by atoms with Crippen LogP contribution in [-0.2, 0) is 6.54 Å². The van der Waals surface area contributed by atoms with E-state index in [1.807, 2.05) is 6.92 Å². The van der Waals surface area contributed by atoms with Gasteiger partial charge in [-0.15, -0.1) is 0 Å². The zero-order valence-corrected chi connectivity index (χ0v) is 9.69. The fourth-order valence-corrected chi connectivity index (χ4v) is 2.01. The fraction of sp³-hybridized carbons (Fsp3) is 0.778. The number of aryl methyl sites for hydroxylation is 1. The van der Waals surface area contributed by atoms with Crippen LogP contribution in [0.25, 0.3) is 0 Å². The van der Waals surface area contributed by atoms with E-state index in [1.165, 1.54) is 12.8 Å². The summed E-state index contributed by atoms with van der Waals surface area (Å²) in [6.07, 6.45) is 2.51. The second-order valence-electron chi connectivity index (χ2n) is 4.28. The molecule has 1 fully saturated rings. The Morgan fingerprint density at radius 1 is 1.57 bits per heavy atom. The minimum atomic E-state index is 0.326. The van der Waals surface area contributed by atoms with Crippen LogP contribution in [0.2, 0.25) is 0 Å². The summed E-state index contributed by atoms with van der Waals surface area (Å²) in [5.74, 6) is 0.975. The lowest BCUT2D eigenvalue weighted by molar-refractivity contribution is 0.239. The molecule has 1 aromatic heterocycles. The summed E-state index contributed by atoms with van der Waals surface area (Å²) in [4.78, 5) is 2.29. The van der Waals surface area contributed by atoms with Crippen molar-refractivity contribution in [1.29, 1.82) is 0 Å². The highest BCUT2D eigenvalue weighted by Crippen LogP contribution is 2.41. The van der Waals surface area contributed by atoms with Gasteiger partial charge in [0.15, 0.2) is 4.77 Å². The molecule has 0 spiro atoms. The molecule has 5 heteroatoms. The largest absolute Gasteiger partial charge is 0.303 e. The van der Waals surface area contributed by atoms with Gasteiger partial charge in [0.1, 0.15) is 5.82 Å². The predicted molar refractivity (Wildman–Crippen MR) is 57.8 cm³/mol. The summed E-state index contributed by atoms with van der Waals surface area (Å²) in [5, 5.41) is 6.94. The van der Waals surface area contributed by atoms with E-state index in [1.54, 1.807) is 0 Å². The average Bonchev–Trinajstić information content (AvgIpc) is 2.84. The lowest BCUT2D eigenvalue weighted by atomic mass is 10.2. The summed E-state index contributed by atoms with van der Waals surface area (Å²) in [6.45, 7) is 2.94. The van der Waals surface area contributed by atoms with Crippen LogP contribution in [0.1, 0.15) is 18.7 Å². The van der Waals surface area contributed by atoms with E-state index in [9.17, 15) is 0 Å². The summed E-state index contributed by atoms with van der Waals surface area (Å²) in [7, 11) is 4.26. The predicted octanol–water partition coefficient (Wildman–Crippen LogP) is 1.34. The SMILES string of the molecule is Cc1n[nH]c(=S)n1CC1(N(C)C)CC1. The lowest BCUT2D eigenvalue weighted by Gasteiger charge is -2.24. The van der Waals surface area contributed by atoms with Crippen molar-refractivity contribution < 1.29 is 0 Å². The third-order valence-corrected chi connectivity index (χ3v) is 3.49. The van der Waals surface area contributed by atoms with E-state index in [4.69, 9.17) is 12.2 Å². The third kappa shape index (κ3) is 1.50. The Labute approximate surface area is 88.9 Å². The van der Waals surface area contributed by atoms with Gasteiger partial charge >= 0.3 is 0 Å². The van der Waals surface area contributed by atoms with Gasteiger partial charge in [-0.3, -0.25) is 5.10 Å². The second kappa shape index (κ2) is 3.17. The van der Waals surface area contributed by atoms with Crippen LogP contribution in [0.5, 0.6) is 0 Å². The van der Waals surface area contributed by atoms with Crippen LogP contribution in [0, 0.1) is 11.7 Å². The van der Waals surface area contributed by atoms with E-state index >= 15 is 0 Å². The van der Waals surface area contributed by atoms with Gasteiger partial charge in [-0.25, -0.2) is 0 Å². The first-order valence-corrected chi connectivity index (χ1v) is 5.25. The summed E-state index contributed by atoms with van der Waals surface area (Å²) >= 11 is 5.18. The Bertz CT molecular complexity index is 386. The molecule has 0 atom stereocenters. The van der Waals surface area contributed by atoms with E-state index in [2.05, 4.69) is 33.8 Å². The van der Waals surface area contributed by atoms with Crippen LogP contribution in [0.15, 0.2) is 0 Å². The molecular formula is C9H16N4S. The number of hydrogen-bond acceptors (Lipinski definition) is 3. The van der Waals surface area contributed by atoms with Crippen LogP contribution < -0.4 is 0 Å². The maximum atomic E-state index is 5.18. The molecule has 1 saturated carbocycles. The van der Waals surface area contributed by atoms with Crippen molar-refractivity contribution in [3.8, 4) is 0 Å². The number of nitrogens with one attached hydrogen (secondary N) is 1. The molecule has 1 aromatic rings. The first-order chi connectivity index (χ1) is 6.55. The van der Waals surface area contributed by atoms with E-state index < -0.39 is 0 Å². The quantitative estimate of drug-likeness (QED) is 0.768. The summed E-state index contributed by atoms with van der Waals surface area (Å²) in [6, 6.07) is 0. The fourth-order valence-electron chi connectivity index (χ4n) is 1.77. The first kappa shape index (κ1) is 9.86. The maximum absolute atomic E-state index is 5.18. The molecule has 0 aromatic carbocycles. The highest BCUT2D eigenvalue weighted by Gasteiger charge is 2.45. The molecule has 0 radical (unpaired) electrons. The molecule has 14 heavy (non-hydrogen) atoms. The molecule has 1 aliphatic carbocycles. The normalized spacial score (nSPS) is 18.9. The van der Waals surface area contributed by atoms with Gasteiger partial charge in [-0.2, -0.15) is 5.10 Å². The smallest absolute Gasteiger partial charge is 0.195 e. The molecule has 0 saturated heterocycles. The zero-order valence-electron chi connectivity index (χ0n) is 8.87. The molecule has 0 unspecified atom stereocenters. The molecule has 0 aliphatic heterocycles. The second-order valence-corrected chi connectivity index (χ2v) is 4.67. The molecule has 78 valence electrons. The topological polar surface area (TPSA) is 36.9 Å². The molecule has 2 rings (SSSR count). The number of aromatic nitrogens is 3. The van der Waals surface area contributed by atoms with E-state index in [-0.39, 0.29) is 0 Å². The maximum Gasteiger partial charge on any atom is 0.195 e. The third-order valence-electron chi connectivity index (χ3n) is 3.18. The molecule has 0 amide bonds. The van der Waals surface area contributed by atoms with Crippen molar-refractivity contribution in [3.05, 3.63) is 10.6 Å². The summed E-state index contributed by atoms with van der Waals surface area (Å²) < 4.78 is 2.82. The minimum Gasteiger partial charge on any atom is -0.303 e. The average molecular weight is 212 g/mol. The number of hydrogen-bond donors (Lipinski definition) is 1. The zero-order chi connectivity index (χ0) is 10.3. The molecular weight excluding hydrogens is 196 g/mol. The van der Waals surface area contributed by atoms with Crippen LogP contribution in [0.3, 0.4) is 0 Å². The lowest BCUT2D eigenvalue weighted by Crippen LogP contribution is -2.34. The molecule has 4 nitrogen and oxygen atoms in total. The Hall–Kier alpha value is -0.680. The van der Waals surface area contributed by atoms with Crippen molar-refractivity contribution in [2.75, 3.05) is 14.1 Å².